The third-order valence-corrected chi connectivity index (χ3v) is 1.88. The summed E-state index contributed by atoms with van der Waals surface area (Å²) in [7, 11) is 0. The third kappa shape index (κ3) is 98.1. The number of aliphatic hydroxyl groups is 3. The van der Waals surface area contributed by atoms with Crippen molar-refractivity contribution in [2.45, 2.75) is 47.6 Å². The van der Waals surface area contributed by atoms with Gasteiger partial charge in [0.15, 0.2) is 0 Å². The van der Waals surface area contributed by atoms with Crippen molar-refractivity contribution in [3.8, 4) is 0 Å². The summed E-state index contributed by atoms with van der Waals surface area (Å²) < 4.78 is 0. The van der Waals surface area contributed by atoms with Crippen LogP contribution in [0.2, 0.25) is 0 Å². The van der Waals surface area contributed by atoms with Crippen molar-refractivity contribution in [2.24, 2.45) is 0 Å². The van der Waals surface area contributed by atoms with Gasteiger partial charge in [-0.05, 0) is 41.5 Å². The molecule has 0 aromatic heterocycles. The Morgan fingerprint density at radius 3 is 0.667 bits per heavy atom. The molecule has 0 spiro atoms. The Kier molecular flexibility index (Phi) is 52.7. The molecule has 0 amide bonds. The molecule has 0 heterocycles. The van der Waals surface area contributed by atoms with Crippen molar-refractivity contribution in [3.05, 3.63) is 73.9 Å². The van der Waals surface area contributed by atoms with Gasteiger partial charge in [-0.1, -0.05) is 38.5 Å². The molecule has 210 valence electrons. The first-order chi connectivity index (χ1) is 16.2. The maximum Gasteiger partial charge on any atom is 0.330 e. The first kappa shape index (κ1) is 49.4. The van der Waals surface area contributed by atoms with Gasteiger partial charge in [0.1, 0.15) is 6.10 Å². The fraction of sp³-hybridized carbons (Fsp3) is 0.360. The standard InChI is InChI=1S/4C4H6O2.C3H8O3.2C3H6/c4*1-3(2)4(5)6;4-1-3(6)2-5;2*1-3-2/h4*1H2,2H3,(H,5,6);3-6H,1-2H2;2*3H,1H2,2H3. The molecule has 11 nitrogen and oxygen atoms in total. The van der Waals surface area contributed by atoms with Crippen LogP contribution in [-0.2, 0) is 19.2 Å². The fourth-order valence-electron chi connectivity index (χ4n) is 0.0577. The van der Waals surface area contributed by atoms with Crippen molar-refractivity contribution >= 4 is 23.9 Å². The van der Waals surface area contributed by atoms with Gasteiger partial charge >= 0.3 is 23.9 Å². The second-order valence-electron chi connectivity index (χ2n) is 6.18. The monoisotopic (exact) mass is 520 g/mol. The number of allylic oxidation sites excluding steroid dienone is 2. The van der Waals surface area contributed by atoms with E-state index in [1.807, 2.05) is 13.8 Å². The van der Waals surface area contributed by atoms with Crippen LogP contribution in [0.25, 0.3) is 0 Å². The Labute approximate surface area is 214 Å². The van der Waals surface area contributed by atoms with Gasteiger partial charge in [0.25, 0.3) is 0 Å². The lowest BCUT2D eigenvalue weighted by atomic mass is 10.4. The summed E-state index contributed by atoms with van der Waals surface area (Å²) in [5.74, 6) is -3.74. The molecule has 0 aliphatic heterocycles. The van der Waals surface area contributed by atoms with E-state index in [1.54, 1.807) is 12.2 Å². The molecule has 0 saturated heterocycles. The van der Waals surface area contributed by atoms with Crippen LogP contribution in [0, 0.1) is 0 Å². The third-order valence-electron chi connectivity index (χ3n) is 1.88. The number of aliphatic hydroxyl groups excluding tert-OH is 3. The van der Waals surface area contributed by atoms with E-state index >= 15 is 0 Å². The van der Waals surface area contributed by atoms with Gasteiger partial charge in [0.05, 0.1) is 13.2 Å². The molecule has 0 atom stereocenters. The average molecular weight is 521 g/mol. The molecule has 0 aromatic rings. The minimum absolute atomic E-state index is 0.176. The Morgan fingerprint density at radius 2 is 0.667 bits per heavy atom. The lowest BCUT2D eigenvalue weighted by molar-refractivity contribution is -0.133. The zero-order valence-corrected chi connectivity index (χ0v) is 22.2. The van der Waals surface area contributed by atoms with Crippen LogP contribution in [0.3, 0.4) is 0 Å². The largest absolute Gasteiger partial charge is 0.478 e. The van der Waals surface area contributed by atoms with Crippen molar-refractivity contribution in [1.82, 2.24) is 0 Å². The summed E-state index contributed by atoms with van der Waals surface area (Å²) in [5.41, 5.74) is 0.704. The zero-order chi connectivity index (χ0) is 31.0. The minimum Gasteiger partial charge on any atom is -0.478 e. The molecule has 0 unspecified atom stereocenters. The lowest BCUT2D eigenvalue weighted by Gasteiger charge is -1.96. The molecule has 0 fully saturated rings. The Morgan fingerprint density at radius 1 is 0.583 bits per heavy atom. The summed E-state index contributed by atoms with van der Waals surface area (Å²) in [6.45, 7) is 28.2. The summed E-state index contributed by atoms with van der Waals surface area (Å²) in [6, 6.07) is 0. The van der Waals surface area contributed by atoms with Gasteiger partial charge in [-0.15, -0.1) is 13.2 Å². The molecule has 0 bridgehead atoms. The number of carboxylic acid groups (broad SMARTS) is 4. The second-order valence-corrected chi connectivity index (χ2v) is 6.18. The fourth-order valence-corrected chi connectivity index (χ4v) is 0.0577. The summed E-state index contributed by atoms with van der Waals surface area (Å²) >= 11 is 0. The maximum absolute atomic E-state index is 9.60. The van der Waals surface area contributed by atoms with Crippen LogP contribution in [-0.4, -0.2) is 78.9 Å². The van der Waals surface area contributed by atoms with Crippen molar-refractivity contribution in [2.75, 3.05) is 13.2 Å². The van der Waals surface area contributed by atoms with E-state index < -0.39 is 30.0 Å². The van der Waals surface area contributed by atoms with Crippen LogP contribution in [0.4, 0.5) is 0 Å². The van der Waals surface area contributed by atoms with Crippen LogP contribution in [0.5, 0.6) is 0 Å². The molecule has 0 radical (unpaired) electrons. The predicted molar refractivity (Wildman–Crippen MR) is 142 cm³/mol. The number of carboxylic acids is 4. The second kappa shape index (κ2) is 38.5. The van der Waals surface area contributed by atoms with E-state index in [0.29, 0.717) is 0 Å². The van der Waals surface area contributed by atoms with Crippen molar-refractivity contribution < 1.29 is 54.9 Å². The smallest absolute Gasteiger partial charge is 0.330 e. The molecule has 7 N–H and O–H groups in total. The van der Waals surface area contributed by atoms with E-state index in [0.717, 1.165) is 0 Å². The molecule has 0 saturated carbocycles. The summed E-state index contributed by atoms with van der Waals surface area (Å²) in [5, 5.41) is 55.6. The van der Waals surface area contributed by atoms with Gasteiger partial charge in [0, 0.05) is 22.3 Å². The molecule has 11 heteroatoms. The first-order valence-corrected chi connectivity index (χ1v) is 9.80. The molecule has 36 heavy (non-hydrogen) atoms. The Balaban J connectivity index is -0.0000000554. The van der Waals surface area contributed by atoms with Crippen LogP contribution >= 0.6 is 0 Å². The Bertz CT molecular complexity index is 536. The predicted octanol–water partition coefficient (Wildman–Crippen LogP) is 3.30. The quantitative estimate of drug-likeness (QED) is 0.199. The van der Waals surface area contributed by atoms with E-state index in [4.69, 9.17) is 35.7 Å². The Hall–Kier alpha value is -3.80. The molecule has 0 aromatic carbocycles. The molecular formula is C25H44O11. The van der Waals surface area contributed by atoms with E-state index in [-0.39, 0.29) is 35.5 Å². The lowest BCUT2D eigenvalue weighted by Crippen LogP contribution is -2.15. The van der Waals surface area contributed by atoms with Gasteiger partial charge in [-0.3, -0.25) is 0 Å². The van der Waals surface area contributed by atoms with Gasteiger partial charge in [-0.2, -0.15) is 0 Å². The highest BCUT2D eigenvalue weighted by atomic mass is 16.4. The maximum atomic E-state index is 9.60. The van der Waals surface area contributed by atoms with Gasteiger partial charge in [0.2, 0.25) is 0 Å². The minimum atomic E-state index is -0.954. The summed E-state index contributed by atoms with van der Waals surface area (Å²) in [4.78, 5) is 38.4. The average Bonchev–Trinajstić information content (AvgIpc) is 2.75. The van der Waals surface area contributed by atoms with E-state index in [2.05, 4.69) is 39.5 Å². The van der Waals surface area contributed by atoms with Gasteiger partial charge < -0.3 is 35.7 Å². The van der Waals surface area contributed by atoms with Gasteiger partial charge in [-0.25, -0.2) is 19.2 Å². The van der Waals surface area contributed by atoms with Crippen LogP contribution in [0.15, 0.2) is 73.9 Å². The van der Waals surface area contributed by atoms with Crippen molar-refractivity contribution in [1.29, 1.82) is 0 Å². The highest BCUT2D eigenvalue weighted by Crippen LogP contribution is 1.82. The SMILES string of the molecule is C=C(C)C(=O)O.C=C(C)C(=O)O.C=C(C)C(=O)O.C=C(C)C(=O)O.C=CC.C=CC.OCC(O)CO. The molecular weight excluding hydrogens is 476 g/mol. The molecule has 0 aliphatic carbocycles. The molecule has 0 rings (SSSR count). The van der Waals surface area contributed by atoms with E-state index in [1.165, 1.54) is 27.7 Å². The van der Waals surface area contributed by atoms with Crippen LogP contribution in [0.1, 0.15) is 41.5 Å². The number of rotatable bonds is 6. The normalized spacial score (nSPS) is 7.39. The highest BCUT2D eigenvalue weighted by Gasteiger charge is 1.94. The molecule has 0 aliphatic rings. The number of hydrogen-bond acceptors (Lipinski definition) is 7. The van der Waals surface area contributed by atoms with Crippen LogP contribution < -0.4 is 0 Å². The number of aliphatic carboxylic acids is 4. The number of hydrogen-bond donors (Lipinski definition) is 7. The van der Waals surface area contributed by atoms with Crippen molar-refractivity contribution in [3.63, 3.8) is 0 Å². The van der Waals surface area contributed by atoms with E-state index in [9.17, 15) is 19.2 Å². The zero-order valence-electron chi connectivity index (χ0n) is 22.2. The topological polar surface area (TPSA) is 210 Å². The first-order valence-electron chi connectivity index (χ1n) is 9.80. The summed E-state index contributed by atoms with van der Waals surface area (Å²) in [6.07, 6.45) is 2.55. The highest BCUT2D eigenvalue weighted by molar-refractivity contribution is 5.85. The number of carbonyl (C=O) groups is 4.